The Kier molecular flexibility index (Phi) is 3.03. The number of carbonyl (C=O) groups is 1. The topological polar surface area (TPSA) is 39.4 Å². The van der Waals surface area contributed by atoms with E-state index >= 15 is 0 Å². The van der Waals surface area contributed by atoms with Crippen molar-refractivity contribution in [3.63, 3.8) is 0 Å². The molecular weight excluding hydrogens is 252 g/mol. The predicted octanol–water partition coefficient (Wildman–Crippen LogP) is 3.88. The van der Waals surface area contributed by atoms with Crippen molar-refractivity contribution in [2.24, 2.45) is 0 Å². The smallest absolute Gasteiger partial charge is 0.343 e. The van der Waals surface area contributed by atoms with Crippen molar-refractivity contribution in [3.05, 3.63) is 70.7 Å². The van der Waals surface area contributed by atoms with Gasteiger partial charge in [-0.1, -0.05) is 29.8 Å². The van der Waals surface area contributed by atoms with Crippen LogP contribution in [0, 0.1) is 13.8 Å². The van der Waals surface area contributed by atoms with Gasteiger partial charge in [0.25, 0.3) is 0 Å². The maximum atomic E-state index is 11.9. The molecule has 1 aliphatic heterocycles. The summed E-state index contributed by atoms with van der Waals surface area (Å²) in [6.45, 7) is 3.88. The van der Waals surface area contributed by atoms with Crippen LogP contribution in [0.25, 0.3) is 11.8 Å². The second-order valence-corrected chi connectivity index (χ2v) is 4.81. The molecular formula is C17H14O3. The number of rotatable bonds is 2. The Morgan fingerprint density at radius 1 is 1.00 bits per heavy atom. The molecule has 0 radical (unpaired) electrons. The van der Waals surface area contributed by atoms with Gasteiger partial charge in [-0.25, -0.2) is 4.79 Å². The summed E-state index contributed by atoms with van der Waals surface area (Å²) in [5, 5.41) is 0. The van der Waals surface area contributed by atoms with Gasteiger partial charge >= 0.3 is 5.97 Å². The van der Waals surface area contributed by atoms with Gasteiger partial charge in [0.1, 0.15) is 17.3 Å². The monoisotopic (exact) mass is 266 g/mol. The van der Waals surface area contributed by atoms with E-state index in [4.69, 9.17) is 9.15 Å². The Morgan fingerprint density at radius 2 is 1.75 bits per heavy atom. The summed E-state index contributed by atoms with van der Waals surface area (Å²) in [4.78, 5) is 11.9. The maximum Gasteiger partial charge on any atom is 0.343 e. The molecule has 0 spiro atoms. The van der Waals surface area contributed by atoms with Gasteiger partial charge < -0.3 is 9.15 Å². The van der Waals surface area contributed by atoms with E-state index < -0.39 is 0 Å². The van der Waals surface area contributed by atoms with Gasteiger partial charge in [-0.3, -0.25) is 0 Å². The molecule has 0 saturated carbocycles. The van der Waals surface area contributed by atoms with Gasteiger partial charge in [0.05, 0.1) is 5.57 Å². The van der Waals surface area contributed by atoms with Crippen molar-refractivity contribution in [3.8, 4) is 0 Å². The average Bonchev–Trinajstić information content (AvgIpc) is 2.98. The molecule has 0 aliphatic carbocycles. The summed E-state index contributed by atoms with van der Waals surface area (Å²) in [7, 11) is 0. The first-order valence-electron chi connectivity index (χ1n) is 6.41. The molecule has 3 rings (SSSR count). The van der Waals surface area contributed by atoms with Crippen molar-refractivity contribution in [2.75, 3.05) is 0 Å². The Morgan fingerprint density at radius 3 is 2.40 bits per heavy atom. The van der Waals surface area contributed by atoms with Crippen LogP contribution in [-0.4, -0.2) is 5.97 Å². The van der Waals surface area contributed by atoms with E-state index in [1.807, 2.05) is 50.2 Å². The second-order valence-electron chi connectivity index (χ2n) is 4.81. The summed E-state index contributed by atoms with van der Waals surface area (Å²) in [5.41, 5.74) is 2.55. The molecule has 0 N–H and O–H groups in total. The van der Waals surface area contributed by atoms with E-state index in [1.165, 1.54) is 5.56 Å². The quantitative estimate of drug-likeness (QED) is 0.611. The van der Waals surface area contributed by atoms with Gasteiger partial charge in [-0.2, -0.15) is 0 Å². The lowest BCUT2D eigenvalue weighted by atomic mass is 10.1. The number of esters is 1. The van der Waals surface area contributed by atoms with Gasteiger partial charge in [0.2, 0.25) is 0 Å². The van der Waals surface area contributed by atoms with Gasteiger partial charge in [0.15, 0.2) is 0 Å². The van der Waals surface area contributed by atoms with Crippen molar-refractivity contribution >= 4 is 17.8 Å². The van der Waals surface area contributed by atoms with Crippen LogP contribution in [0.15, 0.2) is 52.5 Å². The average molecular weight is 266 g/mol. The number of hydrogen-bond donors (Lipinski definition) is 0. The first-order chi connectivity index (χ1) is 9.61. The maximum absolute atomic E-state index is 11.9. The Bertz CT molecular complexity index is 715. The summed E-state index contributed by atoms with van der Waals surface area (Å²) in [6.07, 6.45) is 3.43. The van der Waals surface area contributed by atoms with E-state index in [0.717, 1.165) is 11.3 Å². The minimum absolute atomic E-state index is 0.352. The standard InChI is InChI=1S/C17H14O3/c1-11-3-6-13(7-4-11)16-10-14(17(18)20-16)9-15-8-5-12(2)19-15/h3-10H,1-2H3/b14-9+. The van der Waals surface area contributed by atoms with E-state index in [2.05, 4.69) is 0 Å². The molecule has 100 valence electrons. The van der Waals surface area contributed by atoms with Crippen LogP contribution in [0.3, 0.4) is 0 Å². The number of carbonyl (C=O) groups excluding carboxylic acids is 1. The number of cyclic esters (lactones) is 1. The zero-order valence-corrected chi connectivity index (χ0v) is 11.3. The fraction of sp³-hybridized carbons (Fsp3) is 0.118. The van der Waals surface area contributed by atoms with Crippen molar-refractivity contribution in [2.45, 2.75) is 13.8 Å². The lowest BCUT2D eigenvalue weighted by Crippen LogP contribution is -1.96. The zero-order valence-electron chi connectivity index (χ0n) is 11.3. The predicted molar refractivity (Wildman–Crippen MR) is 76.7 cm³/mol. The zero-order chi connectivity index (χ0) is 14.1. The van der Waals surface area contributed by atoms with E-state index in [1.54, 1.807) is 12.2 Å². The van der Waals surface area contributed by atoms with Crippen molar-refractivity contribution in [1.82, 2.24) is 0 Å². The van der Waals surface area contributed by atoms with E-state index in [9.17, 15) is 4.79 Å². The van der Waals surface area contributed by atoms with Gasteiger partial charge in [0, 0.05) is 5.56 Å². The van der Waals surface area contributed by atoms with Crippen molar-refractivity contribution in [1.29, 1.82) is 0 Å². The van der Waals surface area contributed by atoms with Crippen LogP contribution in [0.1, 0.15) is 22.6 Å². The highest BCUT2D eigenvalue weighted by Crippen LogP contribution is 2.27. The molecule has 1 aromatic carbocycles. The highest BCUT2D eigenvalue weighted by Gasteiger charge is 2.22. The summed E-state index contributed by atoms with van der Waals surface area (Å²) >= 11 is 0. The summed E-state index contributed by atoms with van der Waals surface area (Å²) in [5.74, 6) is 1.68. The minimum atomic E-state index is -0.352. The SMILES string of the molecule is Cc1ccc(C2=C/C(=C\c3ccc(C)o3)C(=O)O2)cc1. The normalized spacial score (nSPS) is 16.4. The molecule has 3 nitrogen and oxygen atoms in total. The third kappa shape index (κ3) is 2.43. The number of hydrogen-bond acceptors (Lipinski definition) is 3. The van der Waals surface area contributed by atoms with Crippen LogP contribution in [0.4, 0.5) is 0 Å². The Labute approximate surface area is 117 Å². The lowest BCUT2D eigenvalue weighted by Gasteiger charge is -2.01. The number of furan rings is 1. The van der Waals surface area contributed by atoms with Crippen LogP contribution in [0.2, 0.25) is 0 Å². The largest absolute Gasteiger partial charge is 0.462 e. The second kappa shape index (κ2) is 4.85. The Hall–Kier alpha value is -2.55. The molecule has 0 atom stereocenters. The van der Waals surface area contributed by atoms with E-state index in [0.29, 0.717) is 17.1 Å². The van der Waals surface area contributed by atoms with Crippen LogP contribution < -0.4 is 0 Å². The number of benzene rings is 1. The molecule has 3 heteroatoms. The molecule has 0 saturated heterocycles. The highest BCUT2D eigenvalue weighted by atomic mass is 16.5. The molecule has 0 amide bonds. The van der Waals surface area contributed by atoms with Crippen molar-refractivity contribution < 1.29 is 13.9 Å². The number of ether oxygens (including phenoxy) is 1. The molecule has 20 heavy (non-hydrogen) atoms. The molecule has 0 fully saturated rings. The summed E-state index contributed by atoms with van der Waals surface area (Å²) in [6, 6.07) is 11.5. The van der Waals surface area contributed by atoms with Crippen LogP contribution in [-0.2, 0) is 9.53 Å². The first kappa shape index (κ1) is 12.5. The van der Waals surface area contributed by atoms with Gasteiger partial charge in [-0.05, 0) is 38.1 Å². The molecule has 2 heterocycles. The molecule has 1 aromatic heterocycles. The van der Waals surface area contributed by atoms with Gasteiger partial charge in [-0.15, -0.1) is 0 Å². The summed E-state index contributed by atoms with van der Waals surface area (Å²) < 4.78 is 10.7. The lowest BCUT2D eigenvalue weighted by molar-refractivity contribution is -0.130. The fourth-order valence-electron chi connectivity index (χ4n) is 2.03. The minimum Gasteiger partial charge on any atom is -0.462 e. The molecule has 2 aromatic rings. The molecule has 0 unspecified atom stereocenters. The fourth-order valence-corrected chi connectivity index (χ4v) is 2.03. The van der Waals surface area contributed by atoms with Crippen LogP contribution >= 0.6 is 0 Å². The molecule has 0 bridgehead atoms. The van der Waals surface area contributed by atoms with Crippen LogP contribution in [0.5, 0.6) is 0 Å². The molecule has 1 aliphatic rings. The van der Waals surface area contributed by atoms with E-state index in [-0.39, 0.29) is 5.97 Å². The third-order valence-electron chi connectivity index (χ3n) is 3.12. The Balaban J connectivity index is 1.92. The third-order valence-corrected chi connectivity index (χ3v) is 3.12. The highest BCUT2D eigenvalue weighted by molar-refractivity contribution is 6.04. The number of aryl methyl sites for hydroxylation is 2. The first-order valence-corrected chi connectivity index (χ1v) is 6.41.